The van der Waals surface area contributed by atoms with E-state index in [0.717, 1.165) is 31.3 Å². The molecule has 4 unspecified atom stereocenters. The monoisotopic (exact) mass is 252 g/mol. The van der Waals surface area contributed by atoms with Gasteiger partial charge in [-0.25, -0.2) is 0 Å². The summed E-state index contributed by atoms with van der Waals surface area (Å²) < 4.78 is 5.37. The van der Waals surface area contributed by atoms with E-state index in [2.05, 4.69) is 10.6 Å². The Kier molecular flexibility index (Phi) is 3.57. The Labute approximate surface area is 109 Å². The zero-order valence-electron chi connectivity index (χ0n) is 11.2. The number of amides is 1. The number of nitrogens with one attached hydrogen (secondary N) is 2. The number of hydrogen-bond acceptors (Lipinski definition) is 3. The highest BCUT2D eigenvalue weighted by Gasteiger charge is 2.40. The summed E-state index contributed by atoms with van der Waals surface area (Å²) >= 11 is 0. The molecule has 0 spiro atoms. The third kappa shape index (κ3) is 2.41. The molecule has 2 bridgehead atoms. The van der Waals surface area contributed by atoms with E-state index in [1.165, 1.54) is 25.7 Å². The van der Waals surface area contributed by atoms with Crippen molar-refractivity contribution in [3.05, 3.63) is 0 Å². The minimum absolute atomic E-state index is 0.133. The maximum Gasteiger partial charge on any atom is 0.220 e. The van der Waals surface area contributed by atoms with Crippen LogP contribution in [0.4, 0.5) is 0 Å². The van der Waals surface area contributed by atoms with Crippen LogP contribution in [0.1, 0.15) is 32.1 Å². The molecule has 2 N–H and O–H groups in total. The van der Waals surface area contributed by atoms with E-state index >= 15 is 0 Å². The molecule has 5 atom stereocenters. The van der Waals surface area contributed by atoms with E-state index in [1.807, 2.05) is 0 Å². The normalized spacial score (nSPS) is 42.4. The number of carbonyl (C=O) groups is 1. The molecule has 2 aliphatic carbocycles. The van der Waals surface area contributed by atoms with Crippen LogP contribution in [-0.2, 0) is 9.53 Å². The minimum Gasteiger partial charge on any atom is -0.378 e. The Morgan fingerprint density at radius 2 is 2.22 bits per heavy atom. The average molecular weight is 252 g/mol. The van der Waals surface area contributed by atoms with Crippen molar-refractivity contribution in [2.45, 2.75) is 44.2 Å². The van der Waals surface area contributed by atoms with Gasteiger partial charge < -0.3 is 15.4 Å². The highest BCUT2D eigenvalue weighted by molar-refractivity contribution is 5.76. The van der Waals surface area contributed by atoms with Crippen molar-refractivity contribution in [1.82, 2.24) is 10.6 Å². The molecule has 3 fully saturated rings. The molecule has 102 valence electrons. The molecule has 18 heavy (non-hydrogen) atoms. The lowest BCUT2D eigenvalue weighted by atomic mass is 9.86. The fraction of sp³-hybridized carbons (Fsp3) is 0.929. The molecule has 0 aromatic carbocycles. The molecule has 0 aromatic rings. The molecule has 1 saturated heterocycles. The molecular formula is C14H24N2O2. The molecule has 1 heterocycles. The predicted molar refractivity (Wildman–Crippen MR) is 69.2 cm³/mol. The summed E-state index contributed by atoms with van der Waals surface area (Å²) in [6.45, 7) is 1.68. The van der Waals surface area contributed by atoms with Crippen molar-refractivity contribution in [2.24, 2.45) is 17.8 Å². The molecule has 1 amide bonds. The second-order valence-electron chi connectivity index (χ2n) is 6.25. The number of methoxy groups -OCH3 is 1. The van der Waals surface area contributed by atoms with Gasteiger partial charge in [0, 0.05) is 26.6 Å². The maximum atomic E-state index is 12.1. The second kappa shape index (κ2) is 5.17. The molecule has 2 saturated carbocycles. The number of rotatable bonds is 4. The van der Waals surface area contributed by atoms with Gasteiger partial charge in [0.25, 0.3) is 0 Å². The summed E-state index contributed by atoms with van der Waals surface area (Å²) in [7, 11) is 1.72. The largest absolute Gasteiger partial charge is 0.378 e. The van der Waals surface area contributed by atoms with Crippen molar-refractivity contribution in [1.29, 1.82) is 0 Å². The van der Waals surface area contributed by atoms with E-state index in [1.54, 1.807) is 7.11 Å². The Morgan fingerprint density at radius 1 is 1.33 bits per heavy atom. The van der Waals surface area contributed by atoms with Gasteiger partial charge in [-0.3, -0.25) is 4.79 Å². The number of carbonyl (C=O) groups excluding carboxylic acids is 1. The summed E-state index contributed by atoms with van der Waals surface area (Å²) in [5.74, 6) is 2.63. The van der Waals surface area contributed by atoms with Gasteiger partial charge in [0.1, 0.15) is 0 Å². The van der Waals surface area contributed by atoms with Crippen LogP contribution in [-0.4, -0.2) is 38.3 Å². The first kappa shape index (κ1) is 12.4. The standard InChI is InChI=1S/C14H24N2O2/c1-18-13-8-15-7-12(13)16-14(17)6-11-5-9-2-3-10(11)4-9/h9-13,15H,2-8H2,1H3,(H,16,17)/t9?,10?,11?,12?,13-/m0/s1. The first-order chi connectivity index (χ1) is 8.76. The lowest BCUT2D eigenvalue weighted by molar-refractivity contribution is -0.123. The number of ether oxygens (including phenoxy) is 1. The third-order valence-corrected chi connectivity index (χ3v) is 5.14. The van der Waals surface area contributed by atoms with Crippen LogP contribution >= 0.6 is 0 Å². The van der Waals surface area contributed by atoms with Crippen LogP contribution in [0, 0.1) is 17.8 Å². The van der Waals surface area contributed by atoms with Crippen molar-refractivity contribution < 1.29 is 9.53 Å². The van der Waals surface area contributed by atoms with Gasteiger partial charge in [-0.05, 0) is 37.0 Å². The van der Waals surface area contributed by atoms with Gasteiger partial charge in [0.2, 0.25) is 5.91 Å². The molecule has 4 nitrogen and oxygen atoms in total. The maximum absolute atomic E-state index is 12.1. The van der Waals surface area contributed by atoms with Gasteiger partial charge in [-0.2, -0.15) is 0 Å². The first-order valence-electron chi connectivity index (χ1n) is 7.29. The Morgan fingerprint density at radius 3 is 2.89 bits per heavy atom. The zero-order chi connectivity index (χ0) is 12.5. The van der Waals surface area contributed by atoms with Gasteiger partial charge in [-0.1, -0.05) is 6.42 Å². The topological polar surface area (TPSA) is 50.4 Å². The van der Waals surface area contributed by atoms with E-state index < -0.39 is 0 Å². The molecule has 3 rings (SSSR count). The fourth-order valence-corrected chi connectivity index (χ4v) is 4.18. The molecule has 3 aliphatic rings. The Bertz CT molecular complexity index is 311. The molecule has 0 radical (unpaired) electrons. The number of fused-ring (bicyclic) bond motifs is 2. The summed E-state index contributed by atoms with van der Waals surface area (Å²) in [6, 6.07) is 0.154. The van der Waals surface area contributed by atoms with Crippen molar-refractivity contribution in [3.8, 4) is 0 Å². The Balaban J connectivity index is 1.47. The van der Waals surface area contributed by atoms with Crippen LogP contribution in [0.15, 0.2) is 0 Å². The minimum atomic E-state index is 0.133. The average Bonchev–Trinajstić information content (AvgIpc) is 3.04. The highest BCUT2D eigenvalue weighted by Crippen LogP contribution is 2.49. The van der Waals surface area contributed by atoms with Crippen molar-refractivity contribution in [2.75, 3.05) is 20.2 Å². The third-order valence-electron chi connectivity index (χ3n) is 5.14. The van der Waals surface area contributed by atoms with E-state index in [-0.39, 0.29) is 18.1 Å². The SMILES string of the molecule is CO[C@H]1CNCC1NC(=O)CC1CC2CCC1C2. The summed E-state index contributed by atoms with van der Waals surface area (Å²) in [5, 5.41) is 6.40. The van der Waals surface area contributed by atoms with Gasteiger partial charge in [0.05, 0.1) is 12.1 Å². The zero-order valence-corrected chi connectivity index (χ0v) is 11.2. The summed E-state index contributed by atoms with van der Waals surface area (Å²) in [5.41, 5.74) is 0. The first-order valence-corrected chi connectivity index (χ1v) is 7.29. The second-order valence-corrected chi connectivity index (χ2v) is 6.25. The van der Waals surface area contributed by atoms with Crippen LogP contribution in [0.2, 0.25) is 0 Å². The van der Waals surface area contributed by atoms with Crippen LogP contribution < -0.4 is 10.6 Å². The smallest absolute Gasteiger partial charge is 0.220 e. The fourth-order valence-electron chi connectivity index (χ4n) is 4.18. The van der Waals surface area contributed by atoms with Gasteiger partial charge in [0.15, 0.2) is 0 Å². The summed E-state index contributed by atoms with van der Waals surface area (Å²) in [6.07, 6.45) is 6.29. The van der Waals surface area contributed by atoms with Crippen LogP contribution in [0.3, 0.4) is 0 Å². The quantitative estimate of drug-likeness (QED) is 0.782. The highest BCUT2D eigenvalue weighted by atomic mass is 16.5. The van der Waals surface area contributed by atoms with Crippen LogP contribution in [0.25, 0.3) is 0 Å². The molecule has 4 heteroatoms. The lowest BCUT2D eigenvalue weighted by Crippen LogP contribution is -2.44. The Hall–Kier alpha value is -0.610. The predicted octanol–water partition coefficient (Wildman–Crippen LogP) is 0.916. The molecule has 0 aromatic heterocycles. The van der Waals surface area contributed by atoms with E-state index in [4.69, 9.17) is 4.74 Å². The van der Waals surface area contributed by atoms with Crippen LogP contribution in [0.5, 0.6) is 0 Å². The van der Waals surface area contributed by atoms with E-state index in [9.17, 15) is 4.79 Å². The molecule has 1 aliphatic heterocycles. The van der Waals surface area contributed by atoms with Crippen molar-refractivity contribution >= 4 is 5.91 Å². The number of hydrogen-bond donors (Lipinski definition) is 2. The lowest BCUT2D eigenvalue weighted by Gasteiger charge is -2.23. The van der Waals surface area contributed by atoms with Gasteiger partial charge in [-0.15, -0.1) is 0 Å². The van der Waals surface area contributed by atoms with Gasteiger partial charge >= 0.3 is 0 Å². The molecular weight excluding hydrogens is 228 g/mol. The van der Waals surface area contributed by atoms with E-state index in [0.29, 0.717) is 5.92 Å². The van der Waals surface area contributed by atoms with Crippen molar-refractivity contribution in [3.63, 3.8) is 0 Å². The summed E-state index contributed by atoms with van der Waals surface area (Å²) in [4.78, 5) is 12.1.